The van der Waals surface area contributed by atoms with Crippen molar-refractivity contribution in [3.63, 3.8) is 0 Å². The summed E-state index contributed by atoms with van der Waals surface area (Å²) in [6.07, 6.45) is 3.55. The summed E-state index contributed by atoms with van der Waals surface area (Å²) in [6, 6.07) is 19.4. The lowest BCUT2D eigenvalue weighted by Crippen LogP contribution is -2.50. The highest BCUT2D eigenvalue weighted by molar-refractivity contribution is 5.94. The number of amides is 2. The molecule has 8 heteroatoms. The molecule has 3 aromatic rings. The molecule has 1 aliphatic carbocycles. The minimum Gasteiger partial charge on any atom is -0.444 e. The molecule has 1 saturated carbocycles. The van der Waals surface area contributed by atoms with E-state index in [1.54, 1.807) is 21.7 Å². The Morgan fingerprint density at radius 3 is 2.39 bits per heavy atom. The van der Waals surface area contributed by atoms with Crippen molar-refractivity contribution < 1.29 is 14.3 Å². The highest BCUT2D eigenvalue weighted by Crippen LogP contribution is 2.40. The molecule has 1 saturated heterocycles. The molecule has 2 aromatic carbocycles. The van der Waals surface area contributed by atoms with Gasteiger partial charge in [-0.2, -0.15) is 10.4 Å². The molecule has 38 heavy (non-hydrogen) atoms. The summed E-state index contributed by atoms with van der Waals surface area (Å²) in [5.74, 6) is 0.474. The fourth-order valence-corrected chi connectivity index (χ4v) is 4.82. The fourth-order valence-electron chi connectivity index (χ4n) is 4.82. The first-order valence-corrected chi connectivity index (χ1v) is 13.2. The number of carbonyl (C=O) groups is 2. The van der Waals surface area contributed by atoms with Gasteiger partial charge in [0.1, 0.15) is 5.60 Å². The smallest absolute Gasteiger partial charge is 0.407 e. The summed E-state index contributed by atoms with van der Waals surface area (Å²) < 4.78 is 7.19. The predicted octanol–water partition coefficient (Wildman–Crippen LogP) is 5.42. The van der Waals surface area contributed by atoms with Crippen molar-refractivity contribution in [1.82, 2.24) is 20.0 Å². The van der Waals surface area contributed by atoms with Gasteiger partial charge in [-0.1, -0.05) is 24.3 Å². The van der Waals surface area contributed by atoms with Crippen LogP contribution in [0.5, 0.6) is 0 Å². The number of aromatic nitrogens is 2. The standard InChI is InChI=1S/C30H33N5O3/c1-30(2,3)38-29(37)32-24-5-4-16-34(19-24)28(36)26-17-27(23-8-6-20(18-31)7-9-23)35(33-26)25-14-12-22(13-15-25)21-10-11-21/h6-9,12-15,17,21,24H,4-5,10-11,16,19H2,1-3H3,(H,32,37)/t24-/m1/s1. The predicted molar refractivity (Wildman–Crippen MR) is 144 cm³/mol. The largest absolute Gasteiger partial charge is 0.444 e. The summed E-state index contributed by atoms with van der Waals surface area (Å²) in [5.41, 5.74) is 4.17. The maximum atomic E-state index is 13.6. The molecule has 1 aromatic heterocycles. The van der Waals surface area contributed by atoms with Crippen LogP contribution in [0, 0.1) is 11.3 Å². The van der Waals surface area contributed by atoms with Gasteiger partial charge in [0.2, 0.25) is 0 Å². The topological polar surface area (TPSA) is 100 Å². The van der Waals surface area contributed by atoms with E-state index in [1.165, 1.54) is 18.4 Å². The lowest BCUT2D eigenvalue weighted by molar-refractivity contribution is 0.0451. The molecule has 2 aliphatic rings. The average Bonchev–Trinajstić information content (AvgIpc) is 3.65. The highest BCUT2D eigenvalue weighted by atomic mass is 16.6. The fraction of sp³-hybridized carbons (Fsp3) is 0.400. The van der Waals surface area contributed by atoms with Gasteiger partial charge in [0.15, 0.2) is 5.69 Å². The van der Waals surface area contributed by atoms with Crippen molar-refractivity contribution in [3.8, 4) is 23.0 Å². The summed E-state index contributed by atoms with van der Waals surface area (Å²) in [6.45, 7) is 6.47. The molecule has 1 atom stereocenters. The van der Waals surface area contributed by atoms with E-state index >= 15 is 0 Å². The van der Waals surface area contributed by atoms with Crippen molar-refractivity contribution in [2.45, 2.75) is 64.0 Å². The van der Waals surface area contributed by atoms with Crippen molar-refractivity contribution in [1.29, 1.82) is 5.26 Å². The number of piperidine rings is 1. The summed E-state index contributed by atoms with van der Waals surface area (Å²) in [4.78, 5) is 27.6. The average molecular weight is 512 g/mol. The molecule has 0 bridgehead atoms. The number of nitrogens with one attached hydrogen (secondary N) is 1. The number of alkyl carbamates (subject to hydrolysis) is 1. The first-order valence-electron chi connectivity index (χ1n) is 13.2. The Hall–Kier alpha value is -4.12. The summed E-state index contributed by atoms with van der Waals surface area (Å²) in [7, 11) is 0. The van der Waals surface area contributed by atoms with Gasteiger partial charge in [0.25, 0.3) is 5.91 Å². The molecular formula is C30H33N5O3. The van der Waals surface area contributed by atoms with Crippen molar-refractivity contribution >= 4 is 12.0 Å². The first kappa shape index (κ1) is 25.5. The van der Waals surface area contributed by atoms with Crippen LogP contribution in [-0.2, 0) is 4.74 Å². The normalized spacial score (nSPS) is 17.5. The Bertz CT molecular complexity index is 1360. The van der Waals surface area contributed by atoms with Crippen molar-refractivity contribution in [3.05, 3.63) is 71.4 Å². The zero-order valence-electron chi connectivity index (χ0n) is 22.1. The Balaban J connectivity index is 1.40. The van der Waals surface area contributed by atoms with E-state index in [1.807, 2.05) is 51.1 Å². The van der Waals surface area contributed by atoms with Crippen LogP contribution >= 0.6 is 0 Å². The van der Waals surface area contributed by atoms with Crippen LogP contribution in [0.2, 0.25) is 0 Å². The molecule has 0 unspecified atom stereocenters. The number of likely N-dealkylation sites (tertiary alicyclic amines) is 1. The molecule has 196 valence electrons. The molecular weight excluding hydrogens is 478 g/mol. The Kier molecular flexibility index (Phi) is 6.94. The molecule has 2 amide bonds. The highest BCUT2D eigenvalue weighted by Gasteiger charge is 2.29. The lowest BCUT2D eigenvalue weighted by Gasteiger charge is -2.33. The van der Waals surface area contributed by atoms with Gasteiger partial charge >= 0.3 is 6.09 Å². The van der Waals surface area contributed by atoms with E-state index in [0.29, 0.717) is 30.3 Å². The first-order chi connectivity index (χ1) is 18.2. The van der Waals surface area contributed by atoms with E-state index in [-0.39, 0.29) is 11.9 Å². The van der Waals surface area contributed by atoms with Gasteiger partial charge in [-0.15, -0.1) is 0 Å². The molecule has 0 spiro atoms. The number of rotatable bonds is 5. The zero-order valence-corrected chi connectivity index (χ0v) is 22.1. The lowest BCUT2D eigenvalue weighted by atomic mass is 10.1. The third kappa shape index (κ3) is 5.88. The number of hydrogen-bond donors (Lipinski definition) is 1. The number of nitriles is 1. The summed E-state index contributed by atoms with van der Waals surface area (Å²) in [5, 5.41) is 16.9. The Morgan fingerprint density at radius 1 is 1.05 bits per heavy atom. The second kappa shape index (κ2) is 10.3. The van der Waals surface area contributed by atoms with Gasteiger partial charge in [-0.05, 0) is 88.3 Å². The van der Waals surface area contributed by atoms with Gasteiger partial charge in [0.05, 0.1) is 23.0 Å². The molecule has 1 aliphatic heterocycles. The van der Waals surface area contributed by atoms with Gasteiger partial charge < -0.3 is 15.0 Å². The van der Waals surface area contributed by atoms with Crippen LogP contribution in [0.25, 0.3) is 16.9 Å². The molecule has 2 heterocycles. The second-order valence-electron chi connectivity index (χ2n) is 11.1. The molecule has 5 rings (SSSR count). The third-order valence-electron chi connectivity index (χ3n) is 6.85. The van der Waals surface area contributed by atoms with E-state index in [0.717, 1.165) is 29.8 Å². The van der Waals surface area contributed by atoms with Gasteiger partial charge in [-0.25, -0.2) is 9.48 Å². The van der Waals surface area contributed by atoms with Crippen LogP contribution in [0.1, 0.15) is 74.0 Å². The number of carbonyl (C=O) groups excluding carboxylic acids is 2. The maximum Gasteiger partial charge on any atom is 0.407 e. The number of benzene rings is 2. The Labute approximate surface area is 223 Å². The molecule has 1 N–H and O–H groups in total. The van der Waals surface area contributed by atoms with Crippen LogP contribution in [-0.4, -0.2) is 51.4 Å². The van der Waals surface area contributed by atoms with Crippen LogP contribution < -0.4 is 5.32 Å². The molecule has 8 nitrogen and oxygen atoms in total. The third-order valence-corrected chi connectivity index (χ3v) is 6.85. The quantitative estimate of drug-likeness (QED) is 0.493. The van der Waals surface area contributed by atoms with Crippen molar-refractivity contribution in [2.24, 2.45) is 0 Å². The maximum absolute atomic E-state index is 13.6. The van der Waals surface area contributed by atoms with Crippen LogP contribution in [0.15, 0.2) is 54.6 Å². The van der Waals surface area contributed by atoms with Crippen LogP contribution in [0.3, 0.4) is 0 Å². The minimum absolute atomic E-state index is 0.177. The van der Waals surface area contributed by atoms with E-state index < -0.39 is 11.7 Å². The molecule has 2 fully saturated rings. The van der Waals surface area contributed by atoms with E-state index in [9.17, 15) is 14.9 Å². The number of nitrogens with zero attached hydrogens (tertiary/aromatic N) is 4. The SMILES string of the molecule is CC(C)(C)OC(=O)N[C@@H]1CCCN(C(=O)c2cc(-c3ccc(C#N)cc3)n(-c3ccc(C4CC4)cc3)n2)C1. The molecule has 0 radical (unpaired) electrons. The minimum atomic E-state index is -0.584. The van der Waals surface area contributed by atoms with Gasteiger partial charge in [0, 0.05) is 24.7 Å². The van der Waals surface area contributed by atoms with Crippen molar-refractivity contribution in [2.75, 3.05) is 13.1 Å². The van der Waals surface area contributed by atoms with E-state index in [2.05, 4.69) is 23.5 Å². The number of hydrogen-bond acceptors (Lipinski definition) is 5. The van der Waals surface area contributed by atoms with Gasteiger partial charge in [-0.3, -0.25) is 4.79 Å². The number of ether oxygens (including phenoxy) is 1. The zero-order chi connectivity index (χ0) is 26.9. The summed E-state index contributed by atoms with van der Waals surface area (Å²) >= 11 is 0. The monoisotopic (exact) mass is 511 g/mol. The van der Waals surface area contributed by atoms with Crippen LogP contribution in [0.4, 0.5) is 4.79 Å². The Morgan fingerprint density at radius 2 is 1.76 bits per heavy atom. The second-order valence-corrected chi connectivity index (χ2v) is 11.1. The van der Waals surface area contributed by atoms with E-state index in [4.69, 9.17) is 9.84 Å².